The van der Waals surface area contributed by atoms with Gasteiger partial charge in [-0.2, -0.15) is 0 Å². The standard InChI is InChI=1S/C20H23N3O5S/c1-29(26,27)21-16-6-4-9-22(13-16)20(25)19-15(8-10-28-19)12-23-17-7-3-2-5-14(17)11-18(23)24/h2-3,5,7-8,10,16,21H,4,6,9,11-13H2,1H3. The number of anilines is 1. The highest BCUT2D eigenvalue weighted by molar-refractivity contribution is 7.88. The van der Waals surface area contributed by atoms with E-state index in [1.54, 1.807) is 15.9 Å². The Morgan fingerprint density at radius 2 is 2.07 bits per heavy atom. The molecule has 2 aromatic rings. The number of hydrogen-bond acceptors (Lipinski definition) is 5. The van der Waals surface area contributed by atoms with Crippen LogP contribution in [0, 0.1) is 0 Å². The molecule has 2 aliphatic heterocycles. The summed E-state index contributed by atoms with van der Waals surface area (Å²) >= 11 is 0. The number of piperidine rings is 1. The highest BCUT2D eigenvalue weighted by atomic mass is 32.2. The van der Waals surface area contributed by atoms with Gasteiger partial charge in [0.15, 0.2) is 5.76 Å². The normalized spacial score (nSPS) is 19.5. The molecule has 1 saturated heterocycles. The van der Waals surface area contributed by atoms with Gasteiger partial charge in [0.25, 0.3) is 5.91 Å². The number of carbonyl (C=O) groups excluding carboxylic acids is 2. The summed E-state index contributed by atoms with van der Waals surface area (Å²) in [4.78, 5) is 28.8. The topological polar surface area (TPSA) is 99.9 Å². The maximum Gasteiger partial charge on any atom is 0.289 e. The third-order valence-corrected chi connectivity index (χ3v) is 6.05. The molecule has 0 spiro atoms. The van der Waals surface area contributed by atoms with Crippen molar-refractivity contribution in [3.05, 3.63) is 53.5 Å². The minimum atomic E-state index is -3.34. The first kappa shape index (κ1) is 19.7. The number of likely N-dealkylation sites (tertiary alicyclic amines) is 1. The molecule has 9 heteroatoms. The summed E-state index contributed by atoms with van der Waals surface area (Å²) in [7, 11) is -3.34. The number of sulfonamides is 1. The van der Waals surface area contributed by atoms with E-state index in [1.165, 1.54) is 6.26 Å². The zero-order valence-electron chi connectivity index (χ0n) is 16.1. The number of furan rings is 1. The zero-order chi connectivity index (χ0) is 20.6. The molecule has 2 amide bonds. The Bertz CT molecular complexity index is 1050. The maximum atomic E-state index is 13.0. The lowest BCUT2D eigenvalue weighted by Crippen LogP contribution is -2.49. The first-order valence-electron chi connectivity index (χ1n) is 9.53. The SMILES string of the molecule is CS(=O)(=O)NC1CCCN(C(=O)c2occc2CN2C(=O)Cc3ccccc32)C1. The fourth-order valence-electron chi connectivity index (χ4n) is 4.01. The van der Waals surface area contributed by atoms with E-state index in [-0.39, 0.29) is 36.7 Å². The van der Waals surface area contributed by atoms with E-state index < -0.39 is 10.0 Å². The number of nitrogens with one attached hydrogen (secondary N) is 1. The summed E-state index contributed by atoms with van der Waals surface area (Å²) in [5.41, 5.74) is 2.46. The van der Waals surface area contributed by atoms with Crippen LogP contribution in [0.1, 0.15) is 34.5 Å². The molecular formula is C20H23N3O5S. The van der Waals surface area contributed by atoms with E-state index in [1.807, 2.05) is 24.3 Å². The van der Waals surface area contributed by atoms with Crippen molar-refractivity contribution in [2.75, 3.05) is 24.2 Å². The van der Waals surface area contributed by atoms with E-state index in [2.05, 4.69) is 4.72 Å². The van der Waals surface area contributed by atoms with Crippen LogP contribution in [0.3, 0.4) is 0 Å². The number of fused-ring (bicyclic) bond motifs is 1. The monoisotopic (exact) mass is 417 g/mol. The lowest BCUT2D eigenvalue weighted by Gasteiger charge is -2.32. The van der Waals surface area contributed by atoms with Gasteiger partial charge in [0.2, 0.25) is 15.9 Å². The highest BCUT2D eigenvalue weighted by Gasteiger charge is 2.32. The number of amides is 2. The summed E-state index contributed by atoms with van der Waals surface area (Å²) in [6.07, 6.45) is 4.30. The predicted molar refractivity (Wildman–Crippen MR) is 107 cm³/mol. The quantitative estimate of drug-likeness (QED) is 0.795. The van der Waals surface area contributed by atoms with Crippen LogP contribution in [0.4, 0.5) is 5.69 Å². The van der Waals surface area contributed by atoms with Gasteiger partial charge < -0.3 is 14.2 Å². The number of benzene rings is 1. The molecule has 154 valence electrons. The fourth-order valence-corrected chi connectivity index (χ4v) is 4.81. The number of rotatable bonds is 5. The number of nitrogens with zero attached hydrogens (tertiary/aromatic N) is 2. The number of para-hydroxylation sites is 1. The van der Waals surface area contributed by atoms with Gasteiger partial charge in [0, 0.05) is 30.4 Å². The van der Waals surface area contributed by atoms with Crippen molar-refractivity contribution in [2.24, 2.45) is 0 Å². The molecule has 1 N–H and O–H groups in total. The minimum absolute atomic E-state index is 0.0128. The second-order valence-corrected chi connectivity index (χ2v) is 9.32. The van der Waals surface area contributed by atoms with Gasteiger partial charge in [-0.15, -0.1) is 0 Å². The fraction of sp³-hybridized carbons (Fsp3) is 0.400. The number of hydrogen-bond donors (Lipinski definition) is 1. The third kappa shape index (κ3) is 4.20. The molecule has 29 heavy (non-hydrogen) atoms. The highest BCUT2D eigenvalue weighted by Crippen LogP contribution is 2.31. The van der Waals surface area contributed by atoms with Crippen LogP contribution in [0.5, 0.6) is 0 Å². The lowest BCUT2D eigenvalue weighted by molar-refractivity contribution is -0.117. The van der Waals surface area contributed by atoms with Gasteiger partial charge in [-0.25, -0.2) is 13.1 Å². The molecule has 2 aliphatic rings. The summed E-state index contributed by atoms with van der Waals surface area (Å²) in [5, 5.41) is 0. The molecule has 1 aromatic carbocycles. The molecule has 0 saturated carbocycles. The van der Waals surface area contributed by atoms with Crippen molar-refractivity contribution in [1.82, 2.24) is 9.62 Å². The Labute approximate surface area is 169 Å². The van der Waals surface area contributed by atoms with Crippen molar-refractivity contribution in [3.63, 3.8) is 0 Å². The van der Waals surface area contributed by atoms with Crippen molar-refractivity contribution >= 4 is 27.5 Å². The average molecular weight is 417 g/mol. The van der Waals surface area contributed by atoms with Crippen LogP contribution < -0.4 is 9.62 Å². The van der Waals surface area contributed by atoms with Crippen LogP contribution in [-0.2, 0) is 27.8 Å². The van der Waals surface area contributed by atoms with Crippen LogP contribution in [-0.4, -0.2) is 50.5 Å². The van der Waals surface area contributed by atoms with Crippen molar-refractivity contribution in [2.45, 2.75) is 31.8 Å². The summed E-state index contributed by atoms with van der Waals surface area (Å²) < 4.78 is 31.1. The molecule has 1 fully saturated rings. The second kappa shape index (κ2) is 7.64. The molecule has 1 unspecified atom stereocenters. The average Bonchev–Trinajstić information content (AvgIpc) is 3.25. The van der Waals surface area contributed by atoms with Crippen molar-refractivity contribution < 1.29 is 22.4 Å². The molecule has 8 nitrogen and oxygen atoms in total. The molecule has 0 bridgehead atoms. The molecular weight excluding hydrogens is 394 g/mol. The van der Waals surface area contributed by atoms with Gasteiger partial charge in [-0.05, 0) is 30.5 Å². The first-order chi connectivity index (χ1) is 13.8. The van der Waals surface area contributed by atoms with Crippen molar-refractivity contribution in [3.8, 4) is 0 Å². The second-order valence-electron chi connectivity index (χ2n) is 7.54. The van der Waals surface area contributed by atoms with Crippen LogP contribution in [0.25, 0.3) is 0 Å². The number of carbonyl (C=O) groups is 2. The lowest BCUT2D eigenvalue weighted by atomic mass is 10.1. The third-order valence-electron chi connectivity index (χ3n) is 5.28. The Morgan fingerprint density at radius 3 is 2.86 bits per heavy atom. The Kier molecular flexibility index (Phi) is 5.18. The Morgan fingerprint density at radius 1 is 1.28 bits per heavy atom. The molecule has 0 radical (unpaired) electrons. The molecule has 0 aliphatic carbocycles. The van der Waals surface area contributed by atoms with Crippen LogP contribution in [0.15, 0.2) is 41.0 Å². The predicted octanol–water partition coefficient (Wildman–Crippen LogP) is 1.52. The van der Waals surface area contributed by atoms with Gasteiger partial charge in [-0.1, -0.05) is 18.2 Å². The summed E-state index contributed by atoms with van der Waals surface area (Å²) in [5.74, 6) is -0.103. The van der Waals surface area contributed by atoms with E-state index in [0.29, 0.717) is 31.4 Å². The maximum absolute atomic E-state index is 13.0. The van der Waals surface area contributed by atoms with E-state index in [0.717, 1.165) is 17.5 Å². The largest absolute Gasteiger partial charge is 0.459 e. The molecule has 1 aromatic heterocycles. The van der Waals surface area contributed by atoms with Crippen molar-refractivity contribution in [1.29, 1.82) is 0 Å². The minimum Gasteiger partial charge on any atom is -0.459 e. The van der Waals surface area contributed by atoms with Gasteiger partial charge in [0.1, 0.15) is 0 Å². The van der Waals surface area contributed by atoms with Gasteiger partial charge in [-0.3, -0.25) is 9.59 Å². The Hall–Kier alpha value is -2.65. The molecule has 1 atom stereocenters. The van der Waals surface area contributed by atoms with E-state index in [4.69, 9.17) is 4.42 Å². The Balaban J connectivity index is 1.51. The first-order valence-corrected chi connectivity index (χ1v) is 11.4. The summed E-state index contributed by atoms with van der Waals surface area (Å²) in [6, 6.07) is 9.00. The van der Waals surface area contributed by atoms with Gasteiger partial charge >= 0.3 is 0 Å². The molecule has 3 heterocycles. The molecule has 4 rings (SSSR count). The smallest absolute Gasteiger partial charge is 0.289 e. The van der Waals surface area contributed by atoms with E-state index >= 15 is 0 Å². The summed E-state index contributed by atoms with van der Waals surface area (Å²) in [6.45, 7) is 1.08. The zero-order valence-corrected chi connectivity index (χ0v) is 16.9. The van der Waals surface area contributed by atoms with Crippen LogP contribution >= 0.6 is 0 Å². The van der Waals surface area contributed by atoms with Gasteiger partial charge in [0.05, 0.1) is 25.5 Å². The van der Waals surface area contributed by atoms with Crippen LogP contribution in [0.2, 0.25) is 0 Å². The van der Waals surface area contributed by atoms with E-state index in [9.17, 15) is 18.0 Å².